The fourth-order valence-corrected chi connectivity index (χ4v) is 2.40. The summed E-state index contributed by atoms with van der Waals surface area (Å²) in [6.45, 7) is 4.67. The first-order chi connectivity index (χ1) is 9.65. The van der Waals surface area contributed by atoms with Gasteiger partial charge in [0.15, 0.2) is 11.5 Å². The molecule has 1 heterocycles. The zero-order valence-electron chi connectivity index (χ0n) is 12.3. The number of ether oxygens (including phenoxy) is 2. The van der Waals surface area contributed by atoms with Crippen molar-refractivity contribution >= 4 is 17.8 Å². The van der Waals surface area contributed by atoms with E-state index in [2.05, 4.69) is 4.99 Å². The van der Waals surface area contributed by atoms with Crippen molar-refractivity contribution in [3.63, 3.8) is 0 Å². The number of aliphatic imine (C=N–C) groups is 1. The van der Waals surface area contributed by atoms with Gasteiger partial charge in [0.2, 0.25) is 0 Å². The SMILES string of the molecule is CCC1C=Nc2cc(OC)c(OC)cc2C(=O)N1CC. The van der Waals surface area contributed by atoms with Crippen LogP contribution in [0, 0.1) is 0 Å². The Kier molecular flexibility index (Phi) is 4.27. The van der Waals surface area contributed by atoms with Crippen molar-refractivity contribution in [3.8, 4) is 11.5 Å². The Bertz CT molecular complexity index is 540. The van der Waals surface area contributed by atoms with Gasteiger partial charge >= 0.3 is 0 Å². The molecular weight excluding hydrogens is 256 g/mol. The van der Waals surface area contributed by atoms with Gasteiger partial charge in [-0.15, -0.1) is 0 Å². The smallest absolute Gasteiger partial charge is 0.256 e. The summed E-state index contributed by atoms with van der Waals surface area (Å²) < 4.78 is 10.5. The summed E-state index contributed by atoms with van der Waals surface area (Å²) in [7, 11) is 3.13. The molecule has 0 N–H and O–H groups in total. The second-order valence-electron chi connectivity index (χ2n) is 4.57. The molecule has 0 spiro atoms. The number of hydrogen-bond acceptors (Lipinski definition) is 4. The van der Waals surface area contributed by atoms with Gasteiger partial charge in [-0.3, -0.25) is 9.79 Å². The van der Waals surface area contributed by atoms with Crippen LogP contribution in [0.3, 0.4) is 0 Å². The number of carbonyl (C=O) groups is 1. The van der Waals surface area contributed by atoms with Crippen molar-refractivity contribution in [2.75, 3.05) is 20.8 Å². The lowest BCUT2D eigenvalue weighted by Gasteiger charge is -2.26. The topological polar surface area (TPSA) is 51.1 Å². The van der Waals surface area contributed by atoms with Crippen molar-refractivity contribution in [3.05, 3.63) is 17.7 Å². The van der Waals surface area contributed by atoms with Gasteiger partial charge in [0, 0.05) is 18.8 Å². The van der Waals surface area contributed by atoms with Gasteiger partial charge in [-0.1, -0.05) is 6.92 Å². The predicted molar refractivity (Wildman–Crippen MR) is 78.5 cm³/mol. The van der Waals surface area contributed by atoms with Crippen molar-refractivity contribution in [2.24, 2.45) is 4.99 Å². The minimum absolute atomic E-state index is 0.0206. The molecule has 0 saturated carbocycles. The summed E-state index contributed by atoms with van der Waals surface area (Å²) in [5.41, 5.74) is 1.18. The van der Waals surface area contributed by atoms with E-state index in [9.17, 15) is 4.79 Å². The van der Waals surface area contributed by atoms with E-state index in [1.165, 1.54) is 0 Å². The Balaban J connectivity index is 2.56. The van der Waals surface area contributed by atoms with Crippen molar-refractivity contribution in [1.82, 2.24) is 4.90 Å². The lowest BCUT2D eigenvalue weighted by molar-refractivity contribution is 0.0738. The van der Waals surface area contributed by atoms with E-state index in [0.29, 0.717) is 29.3 Å². The number of benzene rings is 1. The van der Waals surface area contributed by atoms with Crippen LogP contribution >= 0.6 is 0 Å². The fraction of sp³-hybridized carbons (Fsp3) is 0.467. The van der Waals surface area contributed by atoms with E-state index in [0.717, 1.165) is 6.42 Å². The van der Waals surface area contributed by atoms with Crippen molar-refractivity contribution in [1.29, 1.82) is 0 Å². The van der Waals surface area contributed by atoms with Crippen LogP contribution in [0.5, 0.6) is 11.5 Å². The second-order valence-corrected chi connectivity index (χ2v) is 4.57. The molecule has 0 saturated heterocycles. The molecule has 5 nitrogen and oxygen atoms in total. The average molecular weight is 276 g/mol. The first-order valence-electron chi connectivity index (χ1n) is 6.77. The molecule has 1 amide bonds. The summed E-state index contributed by atoms with van der Waals surface area (Å²) in [5.74, 6) is 1.10. The quantitative estimate of drug-likeness (QED) is 0.849. The zero-order chi connectivity index (χ0) is 14.7. The number of methoxy groups -OCH3 is 2. The van der Waals surface area contributed by atoms with Gasteiger partial charge in [-0.2, -0.15) is 0 Å². The van der Waals surface area contributed by atoms with Crippen LogP contribution in [-0.4, -0.2) is 43.8 Å². The van der Waals surface area contributed by atoms with E-state index in [1.54, 1.807) is 26.4 Å². The first-order valence-corrected chi connectivity index (χ1v) is 6.77. The van der Waals surface area contributed by atoms with Gasteiger partial charge in [0.25, 0.3) is 5.91 Å². The predicted octanol–water partition coefficient (Wildman–Crippen LogP) is 2.66. The van der Waals surface area contributed by atoms with Crippen LogP contribution < -0.4 is 9.47 Å². The Labute approximate surface area is 119 Å². The molecule has 1 atom stereocenters. The fourth-order valence-electron chi connectivity index (χ4n) is 2.40. The molecule has 0 aromatic heterocycles. The third kappa shape index (κ3) is 2.35. The molecule has 108 valence electrons. The summed E-state index contributed by atoms with van der Waals surface area (Å²) in [6, 6.07) is 3.47. The number of amides is 1. The Morgan fingerprint density at radius 1 is 1.20 bits per heavy atom. The number of carbonyl (C=O) groups excluding carboxylic acids is 1. The minimum atomic E-state index is -0.0206. The Morgan fingerprint density at radius 3 is 2.40 bits per heavy atom. The van der Waals surface area contributed by atoms with Gasteiger partial charge in [0.05, 0.1) is 31.5 Å². The maximum Gasteiger partial charge on any atom is 0.256 e. The zero-order valence-corrected chi connectivity index (χ0v) is 12.3. The monoisotopic (exact) mass is 276 g/mol. The molecule has 2 rings (SSSR count). The molecular formula is C15H20N2O3. The normalized spacial score (nSPS) is 17.7. The highest BCUT2D eigenvalue weighted by molar-refractivity contribution is 6.03. The maximum absolute atomic E-state index is 12.7. The van der Waals surface area contributed by atoms with E-state index >= 15 is 0 Å². The number of rotatable bonds is 4. The molecule has 0 aliphatic carbocycles. The summed E-state index contributed by atoms with van der Waals surface area (Å²) in [4.78, 5) is 18.9. The van der Waals surface area contributed by atoms with E-state index in [1.807, 2.05) is 25.0 Å². The summed E-state index contributed by atoms with van der Waals surface area (Å²) in [5, 5.41) is 0. The highest BCUT2D eigenvalue weighted by atomic mass is 16.5. The number of fused-ring (bicyclic) bond motifs is 1. The Hall–Kier alpha value is -2.04. The average Bonchev–Trinajstić information content (AvgIpc) is 2.62. The van der Waals surface area contributed by atoms with Crippen LogP contribution in [0.1, 0.15) is 30.6 Å². The van der Waals surface area contributed by atoms with Crippen molar-refractivity contribution in [2.45, 2.75) is 26.3 Å². The second kappa shape index (κ2) is 5.94. The Morgan fingerprint density at radius 2 is 1.85 bits per heavy atom. The molecule has 1 unspecified atom stereocenters. The van der Waals surface area contributed by atoms with E-state index < -0.39 is 0 Å². The molecule has 0 fully saturated rings. The molecule has 20 heavy (non-hydrogen) atoms. The standard InChI is InChI=1S/C15H20N2O3/c1-5-10-9-16-12-8-14(20-4)13(19-3)7-11(12)15(18)17(10)6-2/h7-10H,5-6H2,1-4H3. The molecule has 1 aromatic rings. The van der Waals surface area contributed by atoms with Crippen LogP contribution in [0.15, 0.2) is 17.1 Å². The van der Waals surface area contributed by atoms with Gasteiger partial charge < -0.3 is 14.4 Å². The first kappa shape index (κ1) is 14.4. The molecule has 1 aromatic carbocycles. The van der Waals surface area contributed by atoms with Crippen LogP contribution in [-0.2, 0) is 0 Å². The highest BCUT2D eigenvalue weighted by Gasteiger charge is 2.27. The molecule has 1 aliphatic heterocycles. The summed E-state index contributed by atoms with van der Waals surface area (Å²) >= 11 is 0. The number of hydrogen-bond donors (Lipinski definition) is 0. The minimum Gasteiger partial charge on any atom is -0.493 e. The largest absolute Gasteiger partial charge is 0.493 e. The number of nitrogens with zero attached hydrogens (tertiary/aromatic N) is 2. The maximum atomic E-state index is 12.7. The van der Waals surface area contributed by atoms with E-state index in [-0.39, 0.29) is 11.9 Å². The third-order valence-corrected chi connectivity index (χ3v) is 3.54. The molecule has 0 bridgehead atoms. The van der Waals surface area contributed by atoms with Crippen LogP contribution in [0.2, 0.25) is 0 Å². The summed E-state index contributed by atoms with van der Waals surface area (Å²) in [6.07, 6.45) is 2.67. The van der Waals surface area contributed by atoms with Crippen LogP contribution in [0.4, 0.5) is 5.69 Å². The molecule has 5 heteroatoms. The molecule has 1 aliphatic rings. The van der Waals surface area contributed by atoms with Gasteiger partial charge in [0.1, 0.15) is 0 Å². The van der Waals surface area contributed by atoms with Crippen LogP contribution in [0.25, 0.3) is 0 Å². The van der Waals surface area contributed by atoms with Gasteiger partial charge in [-0.05, 0) is 19.4 Å². The molecule has 0 radical (unpaired) electrons. The lowest BCUT2D eigenvalue weighted by atomic mass is 10.1. The van der Waals surface area contributed by atoms with Crippen molar-refractivity contribution < 1.29 is 14.3 Å². The van der Waals surface area contributed by atoms with Gasteiger partial charge in [-0.25, -0.2) is 0 Å². The van der Waals surface area contributed by atoms with E-state index in [4.69, 9.17) is 9.47 Å². The lowest BCUT2D eigenvalue weighted by Crippen LogP contribution is -2.39. The third-order valence-electron chi connectivity index (χ3n) is 3.54. The highest BCUT2D eigenvalue weighted by Crippen LogP contribution is 2.36.